The third-order valence-electron chi connectivity index (χ3n) is 3.34. The summed E-state index contributed by atoms with van der Waals surface area (Å²) in [5, 5.41) is 29.6. The number of nitrogens with one attached hydrogen (secondary N) is 1. The molecule has 1 amide bonds. The van der Waals surface area contributed by atoms with Gasteiger partial charge in [0.05, 0.1) is 13.0 Å². The molecule has 1 aromatic rings. The van der Waals surface area contributed by atoms with Crippen LogP contribution in [0.2, 0.25) is 0 Å². The second-order valence-electron chi connectivity index (χ2n) is 4.81. The van der Waals surface area contributed by atoms with Gasteiger partial charge in [-0.1, -0.05) is 0 Å². The number of nitrogens with two attached hydrogens (primary N) is 1. The second kappa shape index (κ2) is 5.41. The molecule has 1 aromatic heterocycles. The van der Waals surface area contributed by atoms with Crippen LogP contribution >= 0.6 is 0 Å². The molecular formula is C11H15N3O7. The van der Waals surface area contributed by atoms with Gasteiger partial charge in [0.1, 0.15) is 17.8 Å². The number of amides is 1. The summed E-state index contributed by atoms with van der Waals surface area (Å²) >= 11 is 0. The number of carbonyl (C=O) groups excluding carboxylic acids is 1. The van der Waals surface area contributed by atoms with E-state index in [0.717, 1.165) is 16.8 Å². The lowest BCUT2D eigenvalue weighted by molar-refractivity contribution is -0.140. The average Bonchev–Trinajstić information content (AvgIpc) is 2.62. The quantitative estimate of drug-likeness (QED) is 0.382. The lowest BCUT2D eigenvalue weighted by Gasteiger charge is -2.30. The van der Waals surface area contributed by atoms with Crippen LogP contribution in [0.5, 0.6) is 0 Å². The number of aliphatic hydroxyl groups is 3. The van der Waals surface area contributed by atoms with Gasteiger partial charge >= 0.3 is 5.69 Å². The number of ether oxygens (including phenoxy) is 1. The van der Waals surface area contributed by atoms with Gasteiger partial charge in [0, 0.05) is 12.3 Å². The fourth-order valence-corrected chi connectivity index (χ4v) is 2.36. The van der Waals surface area contributed by atoms with E-state index in [2.05, 4.69) is 0 Å². The molecule has 1 aliphatic heterocycles. The number of nitrogens with zero attached hydrogens (tertiary/aromatic N) is 1. The summed E-state index contributed by atoms with van der Waals surface area (Å²) < 4.78 is 6.04. The minimum Gasteiger partial charge on any atom is -0.394 e. The molecular weight excluding hydrogens is 286 g/mol. The van der Waals surface area contributed by atoms with Crippen molar-refractivity contribution in [2.24, 2.45) is 5.73 Å². The van der Waals surface area contributed by atoms with E-state index in [4.69, 9.17) is 15.6 Å². The maximum Gasteiger partial charge on any atom is 0.330 e. The Labute approximate surface area is 117 Å². The zero-order valence-corrected chi connectivity index (χ0v) is 10.8. The van der Waals surface area contributed by atoms with E-state index >= 15 is 0 Å². The Morgan fingerprint density at radius 1 is 1.52 bits per heavy atom. The van der Waals surface area contributed by atoms with Gasteiger partial charge in [0.15, 0.2) is 6.23 Å². The normalized spacial score (nSPS) is 32.2. The summed E-state index contributed by atoms with van der Waals surface area (Å²) in [5.74, 6) is -0.929. The summed E-state index contributed by atoms with van der Waals surface area (Å²) in [4.78, 5) is 35.9. The van der Waals surface area contributed by atoms with Crippen LogP contribution in [-0.4, -0.2) is 55.2 Å². The standard InChI is InChI=1S/C11H15N3O7/c12-6(16)3-11(20)8(18)5(4-15)21-9(11)14-2-1-7(17)13-10(14)19/h1-2,5,8-9,15,18,20H,3-4H2,(H2,12,16)(H,13,17,19)/t5-,8-,9-,11-/m1/s1. The van der Waals surface area contributed by atoms with Crippen molar-refractivity contribution < 1.29 is 24.9 Å². The Kier molecular flexibility index (Phi) is 3.96. The van der Waals surface area contributed by atoms with Crippen molar-refractivity contribution in [1.82, 2.24) is 9.55 Å². The molecule has 6 N–H and O–H groups in total. The minimum atomic E-state index is -2.21. The Morgan fingerprint density at radius 2 is 2.19 bits per heavy atom. The molecule has 0 unspecified atom stereocenters. The largest absolute Gasteiger partial charge is 0.394 e. The molecule has 10 heteroatoms. The van der Waals surface area contributed by atoms with E-state index in [1.807, 2.05) is 4.98 Å². The van der Waals surface area contributed by atoms with Crippen molar-refractivity contribution >= 4 is 5.91 Å². The van der Waals surface area contributed by atoms with Gasteiger partial charge in [0.2, 0.25) is 5.91 Å². The van der Waals surface area contributed by atoms with Crippen molar-refractivity contribution in [3.05, 3.63) is 33.1 Å². The number of carbonyl (C=O) groups is 1. The summed E-state index contributed by atoms with van der Waals surface area (Å²) in [6, 6.07) is 1.01. The second-order valence-corrected chi connectivity index (χ2v) is 4.81. The van der Waals surface area contributed by atoms with Gasteiger partial charge in [-0.25, -0.2) is 4.79 Å². The van der Waals surface area contributed by atoms with Gasteiger partial charge in [-0.2, -0.15) is 0 Å². The van der Waals surface area contributed by atoms with E-state index in [1.54, 1.807) is 0 Å². The summed E-state index contributed by atoms with van der Waals surface area (Å²) in [6.45, 7) is -0.642. The van der Waals surface area contributed by atoms with Gasteiger partial charge < -0.3 is 25.8 Å². The predicted molar refractivity (Wildman–Crippen MR) is 67.1 cm³/mol. The van der Waals surface area contributed by atoms with Gasteiger partial charge in [-0.3, -0.25) is 19.1 Å². The molecule has 2 rings (SSSR count). The van der Waals surface area contributed by atoms with Gasteiger partial charge in [-0.15, -0.1) is 0 Å². The van der Waals surface area contributed by atoms with Crippen molar-refractivity contribution in [3.8, 4) is 0 Å². The molecule has 21 heavy (non-hydrogen) atoms. The molecule has 0 saturated carbocycles. The van der Waals surface area contributed by atoms with Crippen LogP contribution in [0.3, 0.4) is 0 Å². The fourth-order valence-electron chi connectivity index (χ4n) is 2.36. The van der Waals surface area contributed by atoms with Crippen molar-refractivity contribution in [2.45, 2.75) is 30.5 Å². The van der Waals surface area contributed by atoms with Crippen LogP contribution in [-0.2, 0) is 9.53 Å². The number of H-pyrrole nitrogens is 1. The minimum absolute atomic E-state index is 0.642. The number of primary amides is 1. The van der Waals surface area contributed by atoms with Crippen molar-refractivity contribution in [2.75, 3.05) is 6.61 Å². The van der Waals surface area contributed by atoms with E-state index in [0.29, 0.717) is 0 Å². The van der Waals surface area contributed by atoms with Crippen LogP contribution < -0.4 is 17.0 Å². The predicted octanol–water partition coefficient (Wildman–Crippen LogP) is -3.61. The number of aliphatic hydroxyl groups excluding tert-OH is 2. The molecule has 1 fully saturated rings. The molecule has 0 spiro atoms. The fraction of sp³-hybridized carbons (Fsp3) is 0.545. The molecule has 116 valence electrons. The first-order valence-corrected chi connectivity index (χ1v) is 6.06. The SMILES string of the molecule is NC(=O)C[C@@]1(O)[C@H](O)[C@@H](CO)O[C@H]1n1ccc(=O)[nH]c1=O. The third kappa shape index (κ3) is 2.61. The monoisotopic (exact) mass is 301 g/mol. The average molecular weight is 301 g/mol. The molecule has 4 atom stereocenters. The highest BCUT2D eigenvalue weighted by molar-refractivity contribution is 5.75. The van der Waals surface area contributed by atoms with Crippen LogP contribution in [0.1, 0.15) is 12.6 Å². The summed E-state index contributed by atoms with van der Waals surface area (Å²) in [7, 11) is 0. The molecule has 1 aliphatic rings. The highest BCUT2D eigenvalue weighted by atomic mass is 16.6. The summed E-state index contributed by atoms with van der Waals surface area (Å²) in [6.07, 6.45) is -3.98. The smallest absolute Gasteiger partial charge is 0.330 e. The van der Waals surface area contributed by atoms with Gasteiger partial charge in [0.25, 0.3) is 5.56 Å². The third-order valence-corrected chi connectivity index (χ3v) is 3.34. The van der Waals surface area contributed by atoms with E-state index in [-0.39, 0.29) is 0 Å². The number of hydrogen-bond donors (Lipinski definition) is 5. The summed E-state index contributed by atoms with van der Waals surface area (Å²) in [5.41, 5.74) is 1.27. The van der Waals surface area contributed by atoms with Crippen LogP contribution in [0.15, 0.2) is 21.9 Å². The van der Waals surface area contributed by atoms with Crippen LogP contribution in [0.25, 0.3) is 0 Å². The first-order chi connectivity index (χ1) is 9.79. The van der Waals surface area contributed by atoms with Crippen molar-refractivity contribution in [3.63, 3.8) is 0 Å². The van der Waals surface area contributed by atoms with E-state index in [1.165, 1.54) is 0 Å². The first-order valence-electron chi connectivity index (χ1n) is 6.06. The Bertz CT molecular complexity index is 654. The zero-order chi connectivity index (χ0) is 15.8. The van der Waals surface area contributed by atoms with Crippen LogP contribution in [0, 0.1) is 0 Å². The lowest BCUT2D eigenvalue weighted by atomic mass is 9.90. The van der Waals surface area contributed by atoms with E-state index < -0.39 is 54.2 Å². The Balaban J connectivity index is 2.51. The zero-order valence-electron chi connectivity index (χ0n) is 10.8. The number of aromatic amines is 1. The lowest BCUT2D eigenvalue weighted by Crippen LogP contribution is -2.51. The maximum absolute atomic E-state index is 11.8. The van der Waals surface area contributed by atoms with E-state index in [9.17, 15) is 24.6 Å². The molecule has 0 aliphatic carbocycles. The Hall–Kier alpha value is -2.01. The Morgan fingerprint density at radius 3 is 2.71 bits per heavy atom. The number of hydrogen-bond acceptors (Lipinski definition) is 7. The molecule has 10 nitrogen and oxygen atoms in total. The van der Waals surface area contributed by atoms with Gasteiger partial charge in [-0.05, 0) is 0 Å². The maximum atomic E-state index is 11.8. The molecule has 0 bridgehead atoms. The highest BCUT2D eigenvalue weighted by Gasteiger charge is 2.57. The highest BCUT2D eigenvalue weighted by Crippen LogP contribution is 2.39. The van der Waals surface area contributed by atoms with Crippen LogP contribution in [0.4, 0.5) is 0 Å². The molecule has 1 saturated heterocycles. The van der Waals surface area contributed by atoms with Crippen molar-refractivity contribution in [1.29, 1.82) is 0 Å². The molecule has 0 aromatic carbocycles. The molecule has 2 heterocycles. The number of rotatable bonds is 4. The number of aromatic nitrogens is 2. The topological polar surface area (TPSA) is 168 Å². The molecule has 0 radical (unpaired) electrons. The first kappa shape index (κ1) is 15.4.